The van der Waals surface area contributed by atoms with Crippen LogP contribution in [-0.2, 0) is 0 Å². The standard InChI is InChI=1S/C25H25P.C2H6/c1-18-4-8-23(9-5-18)24-12-10-21(11-13-24)19(2)6-7-20(3)22-14-16-25(26)17-15-22;1-2/h4-17H,26H2,1-3H3;1-2H3/b19-6+,20-7+;. The Hall–Kier alpha value is -2.43. The zero-order chi connectivity index (χ0) is 20.5. The molecular formula is C27H31P. The summed E-state index contributed by atoms with van der Waals surface area (Å²) in [5, 5.41) is 1.21. The molecule has 144 valence electrons. The first kappa shape index (κ1) is 21.9. The van der Waals surface area contributed by atoms with Gasteiger partial charge in [-0.2, -0.15) is 0 Å². The molecule has 3 rings (SSSR count). The first-order chi connectivity index (χ1) is 13.5. The first-order valence-corrected chi connectivity index (χ1v) is 10.5. The fourth-order valence-electron chi connectivity index (χ4n) is 2.86. The Morgan fingerprint density at radius 1 is 0.607 bits per heavy atom. The molecule has 0 saturated carbocycles. The molecule has 0 aliphatic carbocycles. The van der Waals surface area contributed by atoms with Crippen molar-refractivity contribution in [2.24, 2.45) is 0 Å². The summed E-state index contributed by atoms with van der Waals surface area (Å²) in [6.45, 7) is 10.4. The van der Waals surface area contributed by atoms with E-state index in [1.807, 2.05) is 13.8 Å². The average molecular weight is 387 g/mol. The molecule has 1 unspecified atom stereocenters. The van der Waals surface area contributed by atoms with Crippen LogP contribution in [-0.4, -0.2) is 0 Å². The smallest absolute Gasteiger partial charge is 0.0184 e. The van der Waals surface area contributed by atoms with Crippen LogP contribution in [0.3, 0.4) is 0 Å². The van der Waals surface area contributed by atoms with Gasteiger partial charge >= 0.3 is 0 Å². The Morgan fingerprint density at radius 3 is 1.39 bits per heavy atom. The van der Waals surface area contributed by atoms with Crippen LogP contribution in [0, 0.1) is 6.92 Å². The van der Waals surface area contributed by atoms with E-state index in [0.29, 0.717) is 0 Å². The molecule has 0 saturated heterocycles. The molecule has 0 spiro atoms. The number of allylic oxidation sites excluding steroid dienone is 4. The molecule has 1 atom stereocenters. The number of aryl methyl sites for hydroxylation is 1. The topological polar surface area (TPSA) is 0 Å². The number of rotatable bonds is 4. The van der Waals surface area contributed by atoms with Gasteiger partial charge in [0.2, 0.25) is 0 Å². The summed E-state index contributed by atoms with van der Waals surface area (Å²) >= 11 is 0. The van der Waals surface area contributed by atoms with Crippen molar-refractivity contribution in [3.63, 3.8) is 0 Å². The second-order valence-electron chi connectivity index (χ2n) is 6.76. The highest BCUT2D eigenvalue weighted by atomic mass is 31.0. The molecule has 0 radical (unpaired) electrons. The van der Waals surface area contributed by atoms with Crippen molar-refractivity contribution in [3.05, 3.63) is 102 Å². The van der Waals surface area contributed by atoms with Crippen LogP contribution in [0.25, 0.3) is 22.3 Å². The maximum Gasteiger partial charge on any atom is -0.0184 e. The van der Waals surface area contributed by atoms with Crippen LogP contribution in [0.5, 0.6) is 0 Å². The van der Waals surface area contributed by atoms with Gasteiger partial charge < -0.3 is 0 Å². The van der Waals surface area contributed by atoms with Crippen molar-refractivity contribution in [1.82, 2.24) is 0 Å². The maximum atomic E-state index is 2.72. The van der Waals surface area contributed by atoms with E-state index in [1.54, 1.807) is 0 Å². The van der Waals surface area contributed by atoms with Crippen LogP contribution in [0.15, 0.2) is 84.9 Å². The van der Waals surface area contributed by atoms with E-state index >= 15 is 0 Å². The molecule has 0 aliphatic heterocycles. The van der Waals surface area contributed by atoms with Gasteiger partial charge in [0.25, 0.3) is 0 Å². The largest absolute Gasteiger partial charge is 0.106 e. The average Bonchev–Trinajstić information content (AvgIpc) is 2.74. The van der Waals surface area contributed by atoms with E-state index in [4.69, 9.17) is 0 Å². The zero-order valence-electron chi connectivity index (χ0n) is 17.7. The monoisotopic (exact) mass is 386 g/mol. The minimum atomic E-state index is 1.21. The second-order valence-corrected chi connectivity index (χ2v) is 7.43. The van der Waals surface area contributed by atoms with Gasteiger partial charge in [0.15, 0.2) is 0 Å². The third-order valence-electron chi connectivity index (χ3n) is 4.67. The zero-order valence-corrected chi connectivity index (χ0v) is 18.8. The first-order valence-electron chi connectivity index (χ1n) is 9.91. The second kappa shape index (κ2) is 10.8. The molecule has 0 bridgehead atoms. The maximum absolute atomic E-state index is 2.72. The lowest BCUT2D eigenvalue weighted by molar-refractivity contribution is 1.46. The molecule has 0 fully saturated rings. The van der Waals surface area contributed by atoms with Crippen molar-refractivity contribution >= 4 is 25.7 Å². The molecule has 28 heavy (non-hydrogen) atoms. The fraction of sp³-hybridized carbons (Fsp3) is 0.185. The molecule has 0 amide bonds. The lowest BCUT2D eigenvalue weighted by atomic mass is 9.99. The SMILES string of the molecule is C/C(=C\C=C(/C)c1ccc(-c2ccc(C)cc2)cc1)c1ccc(P)cc1.CC. The van der Waals surface area contributed by atoms with Crippen molar-refractivity contribution in [2.75, 3.05) is 0 Å². The van der Waals surface area contributed by atoms with Crippen LogP contribution < -0.4 is 5.30 Å². The molecule has 1 heteroatoms. The van der Waals surface area contributed by atoms with Gasteiger partial charge in [-0.3, -0.25) is 0 Å². The molecule has 3 aromatic rings. The summed E-state index contributed by atoms with van der Waals surface area (Å²) in [6, 6.07) is 26.0. The molecule has 0 nitrogen and oxygen atoms in total. The normalized spacial score (nSPS) is 11.6. The lowest BCUT2D eigenvalue weighted by Gasteiger charge is -2.06. The Bertz CT molecular complexity index is 925. The minimum Gasteiger partial charge on any atom is -0.106 e. The van der Waals surface area contributed by atoms with Crippen LogP contribution >= 0.6 is 9.24 Å². The third kappa shape index (κ3) is 6.04. The summed E-state index contributed by atoms with van der Waals surface area (Å²) in [6.07, 6.45) is 4.39. The Kier molecular flexibility index (Phi) is 8.42. The summed E-state index contributed by atoms with van der Waals surface area (Å²) in [5.74, 6) is 0. The van der Waals surface area contributed by atoms with Gasteiger partial charge in [0.1, 0.15) is 0 Å². The third-order valence-corrected chi connectivity index (χ3v) is 5.06. The summed E-state index contributed by atoms with van der Waals surface area (Å²) in [4.78, 5) is 0. The molecule has 0 aliphatic rings. The number of hydrogen-bond acceptors (Lipinski definition) is 0. The summed E-state index contributed by atoms with van der Waals surface area (Å²) in [7, 11) is 2.72. The summed E-state index contributed by atoms with van der Waals surface area (Å²) < 4.78 is 0. The molecule has 3 aromatic carbocycles. The number of benzene rings is 3. The van der Waals surface area contributed by atoms with Crippen molar-refractivity contribution in [2.45, 2.75) is 34.6 Å². The predicted molar refractivity (Wildman–Crippen MR) is 131 cm³/mol. The number of hydrogen-bond donors (Lipinski definition) is 0. The van der Waals surface area contributed by atoms with Gasteiger partial charge in [-0.1, -0.05) is 104 Å². The van der Waals surface area contributed by atoms with Crippen LogP contribution in [0.1, 0.15) is 44.4 Å². The highest BCUT2D eigenvalue weighted by Crippen LogP contribution is 2.23. The van der Waals surface area contributed by atoms with Gasteiger partial charge in [-0.25, -0.2) is 0 Å². The van der Waals surface area contributed by atoms with Crippen LogP contribution in [0.4, 0.5) is 0 Å². The van der Waals surface area contributed by atoms with E-state index in [0.717, 1.165) is 0 Å². The molecule has 0 N–H and O–H groups in total. The van der Waals surface area contributed by atoms with E-state index in [9.17, 15) is 0 Å². The van der Waals surface area contributed by atoms with Gasteiger partial charge in [-0.15, -0.1) is 9.24 Å². The summed E-state index contributed by atoms with van der Waals surface area (Å²) in [5.41, 5.74) is 8.86. The van der Waals surface area contributed by atoms with E-state index in [1.165, 1.54) is 44.3 Å². The van der Waals surface area contributed by atoms with Crippen LogP contribution in [0.2, 0.25) is 0 Å². The van der Waals surface area contributed by atoms with E-state index < -0.39 is 0 Å². The predicted octanol–water partition coefficient (Wildman–Crippen LogP) is 7.70. The molecule has 0 heterocycles. The minimum absolute atomic E-state index is 1.21. The van der Waals surface area contributed by atoms with Crippen molar-refractivity contribution < 1.29 is 0 Å². The van der Waals surface area contributed by atoms with Gasteiger partial charge in [0.05, 0.1) is 0 Å². The van der Waals surface area contributed by atoms with Crippen molar-refractivity contribution in [3.8, 4) is 11.1 Å². The Labute approximate surface area is 173 Å². The molecule has 0 aromatic heterocycles. The quantitative estimate of drug-likeness (QED) is 0.318. The van der Waals surface area contributed by atoms with Crippen molar-refractivity contribution in [1.29, 1.82) is 0 Å². The Morgan fingerprint density at radius 2 is 0.964 bits per heavy atom. The van der Waals surface area contributed by atoms with E-state index in [2.05, 4.69) is 115 Å². The lowest BCUT2D eigenvalue weighted by Crippen LogP contribution is -1.89. The fourth-order valence-corrected chi connectivity index (χ4v) is 3.05. The Balaban J connectivity index is 0.00000136. The highest BCUT2D eigenvalue weighted by Gasteiger charge is 2.00. The van der Waals surface area contributed by atoms with Gasteiger partial charge in [0, 0.05) is 0 Å². The van der Waals surface area contributed by atoms with Gasteiger partial charge in [-0.05, 0) is 59.5 Å². The highest BCUT2D eigenvalue weighted by molar-refractivity contribution is 7.27. The molecular weight excluding hydrogens is 355 g/mol. The van der Waals surface area contributed by atoms with E-state index in [-0.39, 0.29) is 0 Å².